The first-order valence-electron chi connectivity index (χ1n) is 8.07. The Hall–Kier alpha value is -1.02. The van der Waals surface area contributed by atoms with Crippen LogP contribution in [-0.2, 0) is 0 Å². The molecule has 1 spiro atoms. The molecule has 2 nitrogen and oxygen atoms in total. The zero-order valence-corrected chi connectivity index (χ0v) is 13.0. The summed E-state index contributed by atoms with van der Waals surface area (Å²) < 4.78 is 6.45. The molecular weight excluding hydrogens is 246 g/mol. The van der Waals surface area contributed by atoms with E-state index in [1.165, 1.54) is 43.2 Å². The van der Waals surface area contributed by atoms with Crippen molar-refractivity contribution in [3.05, 3.63) is 29.3 Å². The molecule has 0 amide bonds. The fourth-order valence-electron chi connectivity index (χ4n) is 4.19. The van der Waals surface area contributed by atoms with Crippen molar-refractivity contribution in [3.63, 3.8) is 0 Å². The first-order chi connectivity index (χ1) is 9.65. The third-order valence-electron chi connectivity index (χ3n) is 5.53. The molecule has 2 fully saturated rings. The van der Waals surface area contributed by atoms with Crippen molar-refractivity contribution < 1.29 is 4.74 Å². The van der Waals surface area contributed by atoms with Crippen LogP contribution in [0.5, 0.6) is 5.75 Å². The Labute approximate surface area is 122 Å². The van der Waals surface area contributed by atoms with Gasteiger partial charge in [-0.1, -0.05) is 31.4 Å². The zero-order valence-electron chi connectivity index (χ0n) is 13.0. The number of hydrogen-bond donors (Lipinski definition) is 1. The maximum atomic E-state index is 6.45. The molecule has 2 unspecified atom stereocenters. The number of nitrogens with one attached hydrogen (secondary N) is 1. The lowest BCUT2D eigenvalue weighted by Crippen LogP contribution is -2.64. The van der Waals surface area contributed by atoms with E-state index in [9.17, 15) is 0 Å². The molecule has 0 bridgehead atoms. The fourth-order valence-corrected chi connectivity index (χ4v) is 4.19. The molecule has 2 aliphatic rings. The number of benzene rings is 1. The Morgan fingerprint density at radius 2 is 1.90 bits per heavy atom. The lowest BCUT2D eigenvalue weighted by atomic mass is 9.55. The molecule has 0 aromatic heterocycles. The van der Waals surface area contributed by atoms with E-state index in [4.69, 9.17) is 4.74 Å². The Morgan fingerprint density at radius 1 is 1.15 bits per heavy atom. The summed E-state index contributed by atoms with van der Waals surface area (Å²) in [6.07, 6.45) is 8.34. The molecule has 3 rings (SSSR count). The number of hydrogen-bond acceptors (Lipinski definition) is 2. The van der Waals surface area contributed by atoms with Crippen LogP contribution in [0.1, 0.15) is 49.7 Å². The predicted molar refractivity (Wildman–Crippen MR) is 83.3 cm³/mol. The molecule has 20 heavy (non-hydrogen) atoms. The second-order valence-electron chi connectivity index (χ2n) is 6.75. The normalized spacial score (nSPS) is 28.1. The molecule has 0 heterocycles. The summed E-state index contributed by atoms with van der Waals surface area (Å²) in [5.41, 5.74) is 2.94. The summed E-state index contributed by atoms with van der Waals surface area (Å²) in [7, 11) is 2.11. The van der Waals surface area contributed by atoms with Crippen molar-refractivity contribution in [1.82, 2.24) is 5.32 Å². The Morgan fingerprint density at radius 3 is 2.60 bits per heavy atom. The molecule has 1 aromatic rings. The van der Waals surface area contributed by atoms with Crippen LogP contribution < -0.4 is 10.1 Å². The van der Waals surface area contributed by atoms with Gasteiger partial charge in [-0.3, -0.25) is 0 Å². The average molecular weight is 273 g/mol. The average Bonchev–Trinajstić information content (AvgIpc) is 2.47. The summed E-state index contributed by atoms with van der Waals surface area (Å²) in [6, 6.07) is 7.18. The predicted octanol–water partition coefficient (Wildman–Crippen LogP) is 3.99. The molecule has 0 saturated heterocycles. The van der Waals surface area contributed by atoms with Crippen LogP contribution >= 0.6 is 0 Å². The van der Waals surface area contributed by atoms with Crippen molar-refractivity contribution in [2.75, 3.05) is 7.05 Å². The summed E-state index contributed by atoms with van der Waals surface area (Å²) in [5.74, 6) is 1.09. The van der Waals surface area contributed by atoms with Crippen LogP contribution in [0.25, 0.3) is 0 Å². The van der Waals surface area contributed by atoms with E-state index < -0.39 is 0 Å². The Balaban J connectivity index is 1.78. The van der Waals surface area contributed by atoms with Gasteiger partial charge in [-0.2, -0.15) is 0 Å². The van der Waals surface area contributed by atoms with Crippen LogP contribution in [-0.4, -0.2) is 19.2 Å². The third-order valence-corrected chi connectivity index (χ3v) is 5.53. The molecule has 110 valence electrons. The van der Waals surface area contributed by atoms with E-state index >= 15 is 0 Å². The lowest BCUT2D eigenvalue weighted by molar-refractivity contribution is -0.101. The van der Waals surface area contributed by atoms with Gasteiger partial charge in [-0.25, -0.2) is 0 Å². The van der Waals surface area contributed by atoms with Crippen LogP contribution in [0.3, 0.4) is 0 Å². The van der Waals surface area contributed by atoms with Crippen molar-refractivity contribution in [1.29, 1.82) is 0 Å². The van der Waals surface area contributed by atoms with Gasteiger partial charge in [-0.05, 0) is 50.9 Å². The summed E-state index contributed by atoms with van der Waals surface area (Å²) in [5, 5.41) is 3.52. The van der Waals surface area contributed by atoms with E-state index in [-0.39, 0.29) is 0 Å². The summed E-state index contributed by atoms with van der Waals surface area (Å²) >= 11 is 0. The smallest absolute Gasteiger partial charge is 0.122 e. The van der Waals surface area contributed by atoms with Gasteiger partial charge in [0.1, 0.15) is 11.9 Å². The standard InChI is InChI=1S/C18H27NO/c1-13-7-8-14(2)15(11-13)20-17-12-16(19-3)18(17)9-5-4-6-10-18/h7-8,11,16-17,19H,4-6,9-10,12H2,1-3H3. The fraction of sp³-hybridized carbons (Fsp3) is 0.667. The molecule has 0 radical (unpaired) electrons. The minimum absolute atomic E-state index is 0.392. The van der Waals surface area contributed by atoms with E-state index in [0.717, 1.165) is 12.2 Å². The maximum Gasteiger partial charge on any atom is 0.122 e. The molecule has 2 aliphatic carbocycles. The molecule has 1 aromatic carbocycles. The van der Waals surface area contributed by atoms with E-state index in [1.807, 2.05) is 0 Å². The minimum Gasteiger partial charge on any atom is -0.489 e. The monoisotopic (exact) mass is 273 g/mol. The van der Waals surface area contributed by atoms with Crippen molar-refractivity contribution in [2.24, 2.45) is 5.41 Å². The van der Waals surface area contributed by atoms with E-state index in [0.29, 0.717) is 17.6 Å². The van der Waals surface area contributed by atoms with Crippen molar-refractivity contribution >= 4 is 0 Å². The highest BCUT2D eigenvalue weighted by atomic mass is 16.5. The Bertz CT molecular complexity index is 476. The quantitative estimate of drug-likeness (QED) is 0.899. The molecule has 0 aliphatic heterocycles. The van der Waals surface area contributed by atoms with Gasteiger partial charge >= 0.3 is 0 Å². The van der Waals surface area contributed by atoms with Gasteiger partial charge in [0.2, 0.25) is 0 Å². The number of aryl methyl sites for hydroxylation is 2. The van der Waals surface area contributed by atoms with Crippen molar-refractivity contribution in [3.8, 4) is 5.75 Å². The molecule has 2 atom stereocenters. The number of rotatable bonds is 3. The second kappa shape index (κ2) is 5.40. The van der Waals surface area contributed by atoms with Crippen LogP contribution in [0, 0.1) is 19.3 Å². The molecule has 1 N–H and O–H groups in total. The largest absolute Gasteiger partial charge is 0.489 e. The number of ether oxygens (including phenoxy) is 1. The van der Waals surface area contributed by atoms with Crippen LogP contribution in [0.15, 0.2) is 18.2 Å². The third kappa shape index (κ3) is 2.24. The highest BCUT2D eigenvalue weighted by Gasteiger charge is 2.55. The highest BCUT2D eigenvalue weighted by Crippen LogP contribution is 2.53. The molecule has 2 saturated carbocycles. The van der Waals surface area contributed by atoms with Gasteiger partial charge in [0.15, 0.2) is 0 Å². The van der Waals surface area contributed by atoms with Crippen molar-refractivity contribution in [2.45, 2.75) is 64.5 Å². The van der Waals surface area contributed by atoms with Gasteiger partial charge in [0.05, 0.1) is 0 Å². The van der Waals surface area contributed by atoms with Gasteiger partial charge in [0.25, 0.3) is 0 Å². The van der Waals surface area contributed by atoms with Crippen LogP contribution in [0.4, 0.5) is 0 Å². The zero-order chi connectivity index (χ0) is 14.2. The van der Waals surface area contributed by atoms with E-state index in [1.54, 1.807) is 0 Å². The minimum atomic E-state index is 0.392. The topological polar surface area (TPSA) is 21.3 Å². The molecule has 2 heteroatoms. The second-order valence-corrected chi connectivity index (χ2v) is 6.75. The van der Waals surface area contributed by atoms with Gasteiger partial charge < -0.3 is 10.1 Å². The highest BCUT2D eigenvalue weighted by molar-refractivity contribution is 5.36. The van der Waals surface area contributed by atoms with Crippen LogP contribution in [0.2, 0.25) is 0 Å². The first kappa shape index (κ1) is 13.9. The van der Waals surface area contributed by atoms with Gasteiger partial charge in [-0.15, -0.1) is 0 Å². The summed E-state index contributed by atoms with van der Waals surface area (Å²) in [4.78, 5) is 0. The Kier molecular flexibility index (Phi) is 3.76. The molecular formula is C18H27NO. The maximum absolute atomic E-state index is 6.45. The van der Waals surface area contributed by atoms with E-state index in [2.05, 4.69) is 44.4 Å². The first-order valence-corrected chi connectivity index (χ1v) is 8.07. The lowest BCUT2D eigenvalue weighted by Gasteiger charge is -2.57. The van der Waals surface area contributed by atoms with Gasteiger partial charge in [0, 0.05) is 17.9 Å². The SMILES string of the molecule is CNC1CC(Oc2cc(C)ccc2C)C12CCCCC2. The summed E-state index contributed by atoms with van der Waals surface area (Å²) in [6.45, 7) is 4.29.